The number of hydrogen-bond donors (Lipinski definition) is 2. The minimum Gasteiger partial charge on any atom is -0.393 e. The van der Waals surface area contributed by atoms with Gasteiger partial charge in [-0.2, -0.15) is 0 Å². The van der Waals surface area contributed by atoms with Crippen molar-refractivity contribution >= 4 is 0 Å². The van der Waals surface area contributed by atoms with Gasteiger partial charge in [-0.3, -0.25) is 0 Å². The molecule has 1 rings (SSSR count). The van der Waals surface area contributed by atoms with E-state index < -0.39 is 0 Å². The van der Waals surface area contributed by atoms with E-state index in [1.807, 2.05) is 0 Å². The Morgan fingerprint density at radius 3 is 2.58 bits per heavy atom. The topological polar surface area (TPSA) is 32.3 Å². The first-order chi connectivity index (χ1) is 5.70. The van der Waals surface area contributed by atoms with Crippen LogP contribution < -0.4 is 5.32 Å². The maximum Gasteiger partial charge on any atom is 0.0580 e. The lowest BCUT2D eigenvalue weighted by Crippen LogP contribution is -2.36. The third-order valence-electron chi connectivity index (χ3n) is 2.66. The molecule has 12 heavy (non-hydrogen) atoms. The van der Waals surface area contributed by atoms with Gasteiger partial charge in [-0.15, -0.1) is 0 Å². The third kappa shape index (κ3) is 3.11. The van der Waals surface area contributed by atoms with Gasteiger partial charge in [0.15, 0.2) is 0 Å². The van der Waals surface area contributed by atoms with E-state index in [0.717, 1.165) is 13.0 Å². The Labute approximate surface area is 75.4 Å². The lowest BCUT2D eigenvalue weighted by atomic mass is 9.86. The van der Waals surface area contributed by atoms with Gasteiger partial charge in [0, 0.05) is 12.6 Å². The molecule has 1 fully saturated rings. The minimum absolute atomic E-state index is 0.0509. The third-order valence-corrected chi connectivity index (χ3v) is 2.66. The molecular formula is C10H21NO. The summed E-state index contributed by atoms with van der Waals surface area (Å²) in [6.45, 7) is 5.28. The number of nitrogens with one attached hydrogen (secondary N) is 1. The van der Waals surface area contributed by atoms with Crippen LogP contribution in [-0.2, 0) is 0 Å². The fraction of sp³-hybridized carbons (Fsp3) is 1.00. The normalized spacial score (nSPS) is 31.0. The quantitative estimate of drug-likeness (QED) is 0.675. The molecule has 2 atom stereocenters. The summed E-state index contributed by atoms with van der Waals surface area (Å²) < 4.78 is 0. The molecule has 0 aromatic heterocycles. The van der Waals surface area contributed by atoms with Crippen molar-refractivity contribution in [3.8, 4) is 0 Å². The van der Waals surface area contributed by atoms with Crippen LogP contribution in [0.1, 0.15) is 39.5 Å². The van der Waals surface area contributed by atoms with Gasteiger partial charge < -0.3 is 10.4 Å². The SMILES string of the molecule is CC(C)NC[C@@H]1CCCC[C@H]1O. The second-order valence-corrected chi connectivity index (χ2v) is 4.17. The molecule has 0 aromatic carbocycles. The number of aliphatic hydroxyl groups excluding tert-OH is 1. The first-order valence-corrected chi connectivity index (χ1v) is 5.11. The zero-order chi connectivity index (χ0) is 8.97. The summed E-state index contributed by atoms with van der Waals surface area (Å²) in [6, 6.07) is 0.541. The first-order valence-electron chi connectivity index (χ1n) is 5.11. The summed E-state index contributed by atoms with van der Waals surface area (Å²) in [4.78, 5) is 0. The van der Waals surface area contributed by atoms with Gasteiger partial charge in [-0.1, -0.05) is 26.7 Å². The van der Waals surface area contributed by atoms with Crippen LogP contribution in [-0.4, -0.2) is 23.8 Å². The highest BCUT2D eigenvalue weighted by Gasteiger charge is 2.22. The summed E-state index contributed by atoms with van der Waals surface area (Å²) in [6.07, 6.45) is 4.65. The van der Waals surface area contributed by atoms with Crippen LogP contribution in [0.2, 0.25) is 0 Å². The Balaban J connectivity index is 2.20. The van der Waals surface area contributed by atoms with Gasteiger partial charge in [0.05, 0.1) is 6.10 Å². The van der Waals surface area contributed by atoms with Crippen molar-refractivity contribution in [1.82, 2.24) is 5.32 Å². The molecule has 2 nitrogen and oxygen atoms in total. The maximum absolute atomic E-state index is 9.64. The Morgan fingerprint density at radius 2 is 2.00 bits per heavy atom. The average Bonchev–Trinajstić information content (AvgIpc) is 2.03. The smallest absolute Gasteiger partial charge is 0.0580 e. The van der Waals surface area contributed by atoms with Crippen molar-refractivity contribution in [1.29, 1.82) is 0 Å². The summed E-state index contributed by atoms with van der Waals surface area (Å²) in [5.41, 5.74) is 0. The maximum atomic E-state index is 9.64. The highest BCUT2D eigenvalue weighted by atomic mass is 16.3. The van der Waals surface area contributed by atoms with Gasteiger partial charge in [0.1, 0.15) is 0 Å². The summed E-state index contributed by atoms with van der Waals surface area (Å²) >= 11 is 0. The second kappa shape index (κ2) is 4.83. The van der Waals surface area contributed by atoms with E-state index in [4.69, 9.17) is 0 Å². The highest BCUT2D eigenvalue weighted by molar-refractivity contribution is 4.76. The number of hydrogen-bond acceptors (Lipinski definition) is 2. The van der Waals surface area contributed by atoms with Crippen molar-refractivity contribution in [2.75, 3.05) is 6.54 Å². The Bertz CT molecular complexity index is 125. The van der Waals surface area contributed by atoms with Gasteiger partial charge >= 0.3 is 0 Å². The molecular weight excluding hydrogens is 150 g/mol. The largest absolute Gasteiger partial charge is 0.393 e. The van der Waals surface area contributed by atoms with Crippen LogP contribution in [0.4, 0.5) is 0 Å². The summed E-state index contributed by atoms with van der Waals surface area (Å²) in [7, 11) is 0. The Morgan fingerprint density at radius 1 is 1.33 bits per heavy atom. The lowest BCUT2D eigenvalue weighted by Gasteiger charge is -2.28. The van der Waals surface area contributed by atoms with Crippen molar-refractivity contribution in [3.63, 3.8) is 0 Å². The molecule has 0 aromatic rings. The van der Waals surface area contributed by atoms with E-state index in [1.54, 1.807) is 0 Å². The monoisotopic (exact) mass is 171 g/mol. The van der Waals surface area contributed by atoms with E-state index in [0.29, 0.717) is 12.0 Å². The molecule has 0 bridgehead atoms. The number of rotatable bonds is 3. The standard InChI is InChI=1S/C10H21NO/c1-8(2)11-7-9-5-3-4-6-10(9)12/h8-12H,3-7H2,1-2H3/t9-,10+/m0/s1. The Hall–Kier alpha value is -0.0800. The fourth-order valence-electron chi connectivity index (χ4n) is 1.81. The average molecular weight is 171 g/mol. The molecule has 2 heteroatoms. The molecule has 72 valence electrons. The Kier molecular flexibility index (Phi) is 4.02. The molecule has 1 aliphatic carbocycles. The minimum atomic E-state index is -0.0509. The van der Waals surface area contributed by atoms with Crippen LogP contribution in [0.15, 0.2) is 0 Å². The molecule has 0 unspecified atom stereocenters. The molecule has 0 heterocycles. The first kappa shape index (κ1) is 10.0. The second-order valence-electron chi connectivity index (χ2n) is 4.17. The van der Waals surface area contributed by atoms with Crippen molar-refractivity contribution in [3.05, 3.63) is 0 Å². The van der Waals surface area contributed by atoms with Gasteiger partial charge in [-0.05, 0) is 18.8 Å². The fourth-order valence-corrected chi connectivity index (χ4v) is 1.81. The molecule has 1 aliphatic rings. The molecule has 1 saturated carbocycles. The van der Waals surface area contributed by atoms with Crippen LogP contribution >= 0.6 is 0 Å². The van der Waals surface area contributed by atoms with E-state index in [-0.39, 0.29) is 6.10 Å². The van der Waals surface area contributed by atoms with Gasteiger partial charge in [0.25, 0.3) is 0 Å². The van der Waals surface area contributed by atoms with Gasteiger partial charge in [-0.25, -0.2) is 0 Å². The predicted molar refractivity (Wildman–Crippen MR) is 51.1 cm³/mol. The molecule has 0 amide bonds. The highest BCUT2D eigenvalue weighted by Crippen LogP contribution is 2.23. The summed E-state index contributed by atoms with van der Waals surface area (Å²) in [5.74, 6) is 0.501. The van der Waals surface area contributed by atoms with Gasteiger partial charge in [0.2, 0.25) is 0 Å². The molecule has 0 saturated heterocycles. The summed E-state index contributed by atoms with van der Waals surface area (Å²) in [5, 5.41) is 13.0. The van der Waals surface area contributed by atoms with E-state index in [2.05, 4.69) is 19.2 Å². The van der Waals surface area contributed by atoms with E-state index in [9.17, 15) is 5.11 Å². The number of aliphatic hydroxyl groups is 1. The zero-order valence-electron chi connectivity index (χ0n) is 8.21. The lowest BCUT2D eigenvalue weighted by molar-refractivity contribution is 0.0687. The molecule has 0 aliphatic heterocycles. The van der Waals surface area contributed by atoms with Crippen molar-refractivity contribution in [2.45, 2.75) is 51.7 Å². The van der Waals surface area contributed by atoms with Crippen LogP contribution in [0, 0.1) is 5.92 Å². The van der Waals surface area contributed by atoms with Crippen LogP contribution in [0.25, 0.3) is 0 Å². The molecule has 0 spiro atoms. The predicted octanol–water partition coefficient (Wildman–Crippen LogP) is 1.54. The van der Waals surface area contributed by atoms with E-state index >= 15 is 0 Å². The zero-order valence-corrected chi connectivity index (χ0v) is 8.21. The van der Waals surface area contributed by atoms with E-state index in [1.165, 1.54) is 19.3 Å². The van der Waals surface area contributed by atoms with Crippen molar-refractivity contribution < 1.29 is 5.11 Å². The van der Waals surface area contributed by atoms with Crippen LogP contribution in [0.5, 0.6) is 0 Å². The molecule has 0 radical (unpaired) electrons. The molecule has 2 N–H and O–H groups in total. The van der Waals surface area contributed by atoms with Crippen molar-refractivity contribution in [2.24, 2.45) is 5.92 Å². The van der Waals surface area contributed by atoms with Crippen LogP contribution in [0.3, 0.4) is 0 Å².